The number of nitrogens with one attached hydrogen (secondary N) is 1. The average molecular weight is 343 g/mol. The van der Waals surface area contributed by atoms with Gasteiger partial charge in [0.25, 0.3) is 0 Å². The van der Waals surface area contributed by atoms with Gasteiger partial charge in [0.05, 0.1) is 12.5 Å². The molecule has 1 aliphatic rings. The van der Waals surface area contributed by atoms with E-state index in [1.54, 1.807) is 6.20 Å². The quantitative estimate of drug-likeness (QED) is 0.784. The van der Waals surface area contributed by atoms with Crippen LogP contribution in [-0.4, -0.2) is 35.2 Å². The molecule has 25 heavy (non-hydrogen) atoms. The van der Waals surface area contributed by atoms with Gasteiger partial charge in [0, 0.05) is 25.5 Å². The van der Waals surface area contributed by atoms with Crippen molar-refractivity contribution in [2.24, 2.45) is 5.92 Å². The van der Waals surface area contributed by atoms with Crippen molar-refractivity contribution in [1.29, 1.82) is 0 Å². The smallest absolute Gasteiger partial charge is 0.226 e. The van der Waals surface area contributed by atoms with Gasteiger partial charge in [-0.3, -0.25) is 4.79 Å². The topological polar surface area (TPSA) is 65.4 Å². The molecule has 1 N–H and O–H groups in total. The third-order valence-electron chi connectivity index (χ3n) is 4.42. The minimum absolute atomic E-state index is 0.0508. The maximum Gasteiger partial charge on any atom is 0.226 e. The predicted octanol–water partition coefficient (Wildman–Crippen LogP) is 2.35. The summed E-state index contributed by atoms with van der Waals surface area (Å²) in [6.07, 6.45) is 5.31. The van der Waals surface area contributed by atoms with Crippen LogP contribution < -0.4 is 14.8 Å². The van der Waals surface area contributed by atoms with Crippen LogP contribution in [0.5, 0.6) is 11.5 Å². The largest absolute Gasteiger partial charge is 0.490 e. The summed E-state index contributed by atoms with van der Waals surface area (Å²) in [5.41, 5.74) is 1.03. The lowest BCUT2D eigenvalue weighted by Crippen LogP contribution is -2.38. The minimum atomic E-state index is -0.153. The molecule has 0 fully saturated rings. The molecule has 1 aromatic carbocycles. The van der Waals surface area contributed by atoms with Gasteiger partial charge in [-0.25, -0.2) is 4.98 Å². The summed E-state index contributed by atoms with van der Waals surface area (Å²) in [5.74, 6) is 2.43. The zero-order valence-corrected chi connectivity index (χ0v) is 14.8. The zero-order chi connectivity index (χ0) is 17.6. The van der Waals surface area contributed by atoms with Crippen molar-refractivity contribution in [2.45, 2.75) is 33.2 Å². The number of ether oxygens (including phenoxy) is 2. The van der Waals surface area contributed by atoms with Gasteiger partial charge in [-0.1, -0.05) is 12.1 Å². The van der Waals surface area contributed by atoms with Crippen molar-refractivity contribution in [2.75, 3.05) is 19.8 Å². The van der Waals surface area contributed by atoms with Crippen LogP contribution in [0, 0.1) is 12.8 Å². The number of aryl methyl sites for hydroxylation is 2. The molecule has 6 nitrogen and oxygen atoms in total. The van der Waals surface area contributed by atoms with E-state index in [1.165, 1.54) is 0 Å². The Morgan fingerprint density at radius 3 is 3.12 bits per heavy atom. The van der Waals surface area contributed by atoms with Crippen molar-refractivity contribution >= 4 is 5.91 Å². The van der Waals surface area contributed by atoms with Crippen molar-refractivity contribution in [1.82, 2.24) is 14.9 Å². The number of benzene rings is 1. The number of rotatable bonds is 7. The van der Waals surface area contributed by atoms with Crippen molar-refractivity contribution < 1.29 is 14.3 Å². The first-order valence-electron chi connectivity index (χ1n) is 8.82. The van der Waals surface area contributed by atoms with E-state index in [9.17, 15) is 4.79 Å². The number of nitrogens with zero attached hydrogens (tertiary/aromatic N) is 2. The number of hydrogen-bond acceptors (Lipinski definition) is 4. The molecule has 1 atom stereocenters. The van der Waals surface area contributed by atoms with E-state index in [2.05, 4.69) is 14.9 Å². The van der Waals surface area contributed by atoms with E-state index >= 15 is 0 Å². The molecule has 3 rings (SSSR count). The maximum atomic E-state index is 12.4. The van der Waals surface area contributed by atoms with Gasteiger partial charge >= 0.3 is 0 Å². The van der Waals surface area contributed by atoms with Crippen LogP contribution in [0.4, 0.5) is 0 Å². The number of carbonyl (C=O) groups excluding carboxylic acids is 1. The van der Waals surface area contributed by atoms with Gasteiger partial charge in [0.15, 0.2) is 11.5 Å². The summed E-state index contributed by atoms with van der Waals surface area (Å²) in [6, 6.07) is 5.85. The average Bonchev–Trinajstić information content (AvgIpc) is 3.03. The molecule has 0 saturated carbocycles. The fourth-order valence-corrected chi connectivity index (χ4v) is 3.08. The van der Waals surface area contributed by atoms with E-state index < -0.39 is 0 Å². The molecule has 0 aliphatic carbocycles. The molecule has 6 heteroatoms. The van der Waals surface area contributed by atoms with E-state index in [-0.39, 0.29) is 11.8 Å². The fourth-order valence-electron chi connectivity index (χ4n) is 3.08. The van der Waals surface area contributed by atoms with Crippen LogP contribution in [0.15, 0.2) is 30.6 Å². The molecule has 0 spiro atoms. The summed E-state index contributed by atoms with van der Waals surface area (Å²) in [5, 5.41) is 3.02. The summed E-state index contributed by atoms with van der Waals surface area (Å²) in [4.78, 5) is 16.6. The highest BCUT2D eigenvalue weighted by Crippen LogP contribution is 2.36. The second-order valence-corrected chi connectivity index (χ2v) is 6.20. The Morgan fingerprint density at radius 1 is 1.48 bits per heavy atom. The van der Waals surface area contributed by atoms with Crippen LogP contribution in [0.2, 0.25) is 0 Å². The van der Waals surface area contributed by atoms with Crippen molar-refractivity contribution in [3.8, 4) is 11.5 Å². The van der Waals surface area contributed by atoms with Gasteiger partial charge in [-0.15, -0.1) is 0 Å². The van der Waals surface area contributed by atoms with Gasteiger partial charge in [0.1, 0.15) is 12.4 Å². The highest BCUT2D eigenvalue weighted by Gasteiger charge is 2.27. The Labute approximate surface area is 148 Å². The molecule has 0 unspecified atom stereocenters. The molecule has 1 aromatic heterocycles. The van der Waals surface area contributed by atoms with Gasteiger partial charge in [-0.2, -0.15) is 0 Å². The van der Waals surface area contributed by atoms with Gasteiger partial charge < -0.3 is 19.4 Å². The summed E-state index contributed by atoms with van der Waals surface area (Å²) >= 11 is 0. The number of hydrogen-bond donors (Lipinski definition) is 1. The predicted molar refractivity (Wildman–Crippen MR) is 94.9 cm³/mol. The SMILES string of the molecule is CCOc1cccc2c1OC[C@@H](C(=O)NCCCn1ccnc1C)C2. The Morgan fingerprint density at radius 2 is 2.36 bits per heavy atom. The Hall–Kier alpha value is -2.50. The van der Waals surface area contributed by atoms with Crippen molar-refractivity contribution in [3.63, 3.8) is 0 Å². The van der Waals surface area contributed by atoms with Gasteiger partial charge in [0.2, 0.25) is 5.91 Å². The molecule has 0 bridgehead atoms. The van der Waals surface area contributed by atoms with Crippen LogP contribution in [0.3, 0.4) is 0 Å². The van der Waals surface area contributed by atoms with Crippen molar-refractivity contribution in [3.05, 3.63) is 42.0 Å². The number of para-hydroxylation sites is 1. The van der Waals surface area contributed by atoms with Gasteiger partial charge in [-0.05, 0) is 38.3 Å². The van der Waals surface area contributed by atoms with E-state index in [1.807, 2.05) is 38.2 Å². The zero-order valence-electron chi connectivity index (χ0n) is 14.8. The summed E-state index contributed by atoms with van der Waals surface area (Å²) < 4.78 is 13.5. The fraction of sp³-hybridized carbons (Fsp3) is 0.474. The van der Waals surface area contributed by atoms with Crippen LogP contribution in [0.1, 0.15) is 24.7 Å². The third-order valence-corrected chi connectivity index (χ3v) is 4.42. The number of carbonyl (C=O) groups is 1. The van der Waals surface area contributed by atoms with E-state index in [4.69, 9.17) is 9.47 Å². The lowest BCUT2D eigenvalue weighted by Gasteiger charge is -2.26. The number of imidazole rings is 1. The second-order valence-electron chi connectivity index (χ2n) is 6.20. The molecule has 1 amide bonds. The van der Waals surface area contributed by atoms with Crippen LogP contribution >= 0.6 is 0 Å². The molecule has 0 saturated heterocycles. The normalized spacial score (nSPS) is 16.0. The lowest BCUT2D eigenvalue weighted by molar-refractivity contribution is -0.126. The number of amides is 1. The minimum Gasteiger partial charge on any atom is -0.490 e. The summed E-state index contributed by atoms with van der Waals surface area (Å²) in [7, 11) is 0. The van der Waals surface area contributed by atoms with Crippen LogP contribution in [0.25, 0.3) is 0 Å². The number of aromatic nitrogens is 2. The first-order valence-corrected chi connectivity index (χ1v) is 8.82. The molecule has 2 aromatic rings. The lowest BCUT2D eigenvalue weighted by atomic mass is 9.95. The Balaban J connectivity index is 1.49. The van der Waals surface area contributed by atoms with E-state index in [0.717, 1.165) is 35.9 Å². The second kappa shape index (κ2) is 8.05. The molecular weight excluding hydrogens is 318 g/mol. The standard InChI is InChI=1S/C19H25N3O3/c1-3-24-17-7-4-6-15-12-16(13-25-18(15)17)19(23)21-8-5-10-22-11-9-20-14(22)2/h4,6-7,9,11,16H,3,5,8,10,12-13H2,1-2H3,(H,21,23)/t16-/m0/s1. The monoisotopic (exact) mass is 343 g/mol. The highest BCUT2D eigenvalue weighted by molar-refractivity contribution is 5.79. The Kier molecular flexibility index (Phi) is 5.58. The third kappa shape index (κ3) is 4.13. The number of fused-ring (bicyclic) bond motifs is 1. The Bertz CT molecular complexity index is 726. The molecular formula is C19H25N3O3. The van der Waals surface area contributed by atoms with E-state index in [0.29, 0.717) is 26.2 Å². The highest BCUT2D eigenvalue weighted by atomic mass is 16.5. The first-order chi connectivity index (χ1) is 12.2. The first kappa shape index (κ1) is 17.3. The molecule has 134 valence electrons. The summed E-state index contributed by atoms with van der Waals surface area (Å²) in [6.45, 7) is 6.42. The maximum absolute atomic E-state index is 12.4. The molecule has 0 radical (unpaired) electrons. The molecule has 2 heterocycles. The van der Waals surface area contributed by atoms with Crippen LogP contribution in [-0.2, 0) is 17.8 Å². The molecule has 1 aliphatic heterocycles.